The van der Waals surface area contributed by atoms with E-state index in [0.29, 0.717) is 20.8 Å². The van der Waals surface area contributed by atoms with E-state index in [1.807, 2.05) is 11.8 Å². The zero-order chi connectivity index (χ0) is 12.6. The summed E-state index contributed by atoms with van der Waals surface area (Å²) in [4.78, 5) is 14.1. The van der Waals surface area contributed by atoms with Crippen molar-refractivity contribution in [2.45, 2.75) is 31.8 Å². The summed E-state index contributed by atoms with van der Waals surface area (Å²) in [5, 5.41) is 0. The topological polar surface area (TPSA) is 46.3 Å². The fourth-order valence-electron chi connectivity index (χ4n) is 2.15. The number of thiophene rings is 1. The second-order valence-electron chi connectivity index (χ2n) is 4.37. The van der Waals surface area contributed by atoms with E-state index >= 15 is 0 Å². The fraction of sp³-hybridized carbons (Fsp3) is 0.545. The molecule has 1 aromatic heterocycles. The Kier molecular flexibility index (Phi) is 3.98. The number of nitrogens with two attached hydrogens (primary N) is 1. The van der Waals surface area contributed by atoms with Crippen molar-refractivity contribution in [2.24, 2.45) is 5.73 Å². The van der Waals surface area contributed by atoms with Crippen LogP contribution >= 0.6 is 34.5 Å². The Morgan fingerprint density at radius 2 is 2.29 bits per heavy atom. The molecule has 0 bridgehead atoms. The van der Waals surface area contributed by atoms with Crippen LogP contribution in [0.2, 0.25) is 8.67 Å². The van der Waals surface area contributed by atoms with Gasteiger partial charge in [0.2, 0.25) is 0 Å². The molecule has 3 nitrogen and oxygen atoms in total. The molecule has 6 heteroatoms. The minimum Gasteiger partial charge on any atom is -0.336 e. The van der Waals surface area contributed by atoms with Crippen LogP contribution in [0.4, 0.5) is 0 Å². The van der Waals surface area contributed by atoms with Crippen molar-refractivity contribution < 1.29 is 4.79 Å². The van der Waals surface area contributed by atoms with Crippen LogP contribution in [0, 0.1) is 0 Å². The highest BCUT2D eigenvalue weighted by Gasteiger charge is 2.29. The zero-order valence-electron chi connectivity index (χ0n) is 9.45. The summed E-state index contributed by atoms with van der Waals surface area (Å²) in [5.41, 5.74) is 6.38. The van der Waals surface area contributed by atoms with E-state index in [4.69, 9.17) is 28.9 Å². The second-order valence-corrected chi connectivity index (χ2v) is 6.66. The summed E-state index contributed by atoms with van der Waals surface area (Å²) < 4.78 is 1.00. The minimum atomic E-state index is -0.0439. The van der Waals surface area contributed by atoms with Crippen LogP contribution in [0.25, 0.3) is 0 Å². The fourth-order valence-corrected chi connectivity index (χ4v) is 3.60. The van der Waals surface area contributed by atoms with E-state index < -0.39 is 0 Å². The Morgan fingerprint density at radius 1 is 1.59 bits per heavy atom. The number of carbonyl (C=O) groups excluding carboxylic acids is 1. The Balaban J connectivity index is 2.17. The average molecular weight is 293 g/mol. The summed E-state index contributed by atoms with van der Waals surface area (Å²) in [7, 11) is 0. The van der Waals surface area contributed by atoms with Gasteiger partial charge in [0.1, 0.15) is 4.34 Å². The van der Waals surface area contributed by atoms with Gasteiger partial charge in [-0.3, -0.25) is 4.79 Å². The highest BCUT2D eigenvalue weighted by molar-refractivity contribution is 7.20. The van der Waals surface area contributed by atoms with Gasteiger partial charge in [-0.05, 0) is 25.8 Å². The Hall–Kier alpha value is -0.290. The van der Waals surface area contributed by atoms with Crippen molar-refractivity contribution in [3.63, 3.8) is 0 Å². The van der Waals surface area contributed by atoms with Gasteiger partial charge >= 0.3 is 0 Å². The van der Waals surface area contributed by atoms with Crippen molar-refractivity contribution >= 4 is 40.4 Å². The lowest BCUT2D eigenvalue weighted by molar-refractivity contribution is 0.0620. The van der Waals surface area contributed by atoms with Gasteiger partial charge in [-0.2, -0.15) is 0 Å². The molecule has 1 saturated heterocycles. The summed E-state index contributed by atoms with van der Waals surface area (Å²) in [6, 6.07) is 1.98. The monoisotopic (exact) mass is 292 g/mol. The number of hydrogen-bond acceptors (Lipinski definition) is 3. The SMILES string of the molecule is C[C@H]1C[C@H](N)CCN1C(=O)c1cc(Cl)sc1Cl. The van der Waals surface area contributed by atoms with E-state index in [1.165, 1.54) is 11.3 Å². The van der Waals surface area contributed by atoms with Gasteiger partial charge in [-0.15, -0.1) is 11.3 Å². The highest BCUT2D eigenvalue weighted by Crippen LogP contribution is 2.33. The first kappa shape index (κ1) is 13.1. The van der Waals surface area contributed by atoms with Crippen molar-refractivity contribution in [2.75, 3.05) is 6.54 Å². The molecule has 2 N–H and O–H groups in total. The number of rotatable bonds is 1. The van der Waals surface area contributed by atoms with Crippen LogP contribution < -0.4 is 5.73 Å². The number of halogens is 2. The quantitative estimate of drug-likeness (QED) is 0.865. The lowest BCUT2D eigenvalue weighted by atomic mass is 9.98. The predicted octanol–water partition coefficient (Wildman–Crippen LogP) is 3.01. The molecule has 0 aromatic carbocycles. The van der Waals surface area contributed by atoms with E-state index in [-0.39, 0.29) is 18.0 Å². The van der Waals surface area contributed by atoms with Crippen LogP contribution in [-0.2, 0) is 0 Å². The standard InChI is InChI=1S/C11H14Cl2N2OS/c1-6-4-7(14)2-3-15(6)11(16)8-5-9(12)17-10(8)13/h5-7H,2-4,14H2,1H3/t6-,7+/m0/s1. The molecule has 17 heavy (non-hydrogen) atoms. The van der Waals surface area contributed by atoms with Gasteiger partial charge in [-0.25, -0.2) is 0 Å². The molecule has 1 aromatic rings. The third-order valence-electron chi connectivity index (χ3n) is 3.06. The molecule has 1 aliphatic heterocycles. The maximum Gasteiger partial charge on any atom is 0.256 e. The minimum absolute atomic E-state index is 0.0439. The van der Waals surface area contributed by atoms with Crippen LogP contribution in [0.1, 0.15) is 30.1 Å². The molecule has 0 aliphatic carbocycles. The second kappa shape index (κ2) is 5.14. The Labute approximate surface area is 114 Å². The molecule has 0 saturated carbocycles. The molecule has 1 fully saturated rings. The molecule has 0 radical (unpaired) electrons. The van der Waals surface area contributed by atoms with Gasteiger partial charge in [0.05, 0.1) is 9.90 Å². The van der Waals surface area contributed by atoms with Gasteiger partial charge in [0.15, 0.2) is 0 Å². The lowest BCUT2D eigenvalue weighted by Gasteiger charge is -2.36. The molecule has 0 spiro atoms. The molecule has 1 aliphatic rings. The van der Waals surface area contributed by atoms with Crippen molar-refractivity contribution in [3.05, 3.63) is 20.3 Å². The van der Waals surface area contributed by atoms with E-state index in [0.717, 1.165) is 12.8 Å². The number of likely N-dealkylation sites (tertiary alicyclic amines) is 1. The van der Waals surface area contributed by atoms with E-state index in [2.05, 4.69) is 0 Å². The van der Waals surface area contributed by atoms with Crippen molar-refractivity contribution in [3.8, 4) is 0 Å². The predicted molar refractivity (Wildman–Crippen MR) is 72.0 cm³/mol. The van der Waals surface area contributed by atoms with Crippen LogP contribution in [0.15, 0.2) is 6.07 Å². The van der Waals surface area contributed by atoms with E-state index in [1.54, 1.807) is 6.07 Å². The molecule has 94 valence electrons. The maximum absolute atomic E-state index is 12.3. The maximum atomic E-state index is 12.3. The van der Waals surface area contributed by atoms with Crippen molar-refractivity contribution in [1.82, 2.24) is 4.90 Å². The third-order valence-corrected chi connectivity index (χ3v) is 4.55. The highest BCUT2D eigenvalue weighted by atomic mass is 35.5. The summed E-state index contributed by atoms with van der Waals surface area (Å²) in [5.74, 6) is -0.0439. The third kappa shape index (κ3) is 2.76. The molecular weight excluding hydrogens is 279 g/mol. The van der Waals surface area contributed by atoms with Crippen LogP contribution in [-0.4, -0.2) is 29.4 Å². The Morgan fingerprint density at radius 3 is 2.82 bits per heavy atom. The largest absolute Gasteiger partial charge is 0.336 e. The molecule has 0 unspecified atom stereocenters. The average Bonchev–Trinajstić information content (AvgIpc) is 2.57. The molecule has 2 atom stereocenters. The first-order valence-electron chi connectivity index (χ1n) is 5.50. The number of amides is 1. The number of hydrogen-bond donors (Lipinski definition) is 1. The summed E-state index contributed by atoms with van der Waals surface area (Å²) in [6.45, 7) is 2.70. The zero-order valence-corrected chi connectivity index (χ0v) is 11.8. The first-order valence-corrected chi connectivity index (χ1v) is 7.07. The molecular formula is C11H14Cl2N2OS. The normalized spacial score (nSPS) is 25.1. The number of carbonyl (C=O) groups is 1. The van der Waals surface area contributed by atoms with Gasteiger partial charge in [0, 0.05) is 18.6 Å². The van der Waals surface area contributed by atoms with E-state index in [9.17, 15) is 4.79 Å². The number of piperidine rings is 1. The van der Waals surface area contributed by atoms with Gasteiger partial charge in [0.25, 0.3) is 5.91 Å². The molecule has 1 amide bonds. The summed E-state index contributed by atoms with van der Waals surface area (Å²) >= 11 is 13.1. The van der Waals surface area contributed by atoms with Gasteiger partial charge < -0.3 is 10.6 Å². The summed E-state index contributed by atoms with van der Waals surface area (Å²) in [6.07, 6.45) is 1.67. The van der Waals surface area contributed by atoms with Gasteiger partial charge in [-0.1, -0.05) is 23.2 Å². The first-order chi connectivity index (χ1) is 7.99. The number of nitrogens with zero attached hydrogens (tertiary/aromatic N) is 1. The molecule has 2 rings (SSSR count). The van der Waals surface area contributed by atoms with Crippen LogP contribution in [0.3, 0.4) is 0 Å². The van der Waals surface area contributed by atoms with Crippen LogP contribution in [0.5, 0.6) is 0 Å². The van der Waals surface area contributed by atoms with Crippen molar-refractivity contribution in [1.29, 1.82) is 0 Å². The lowest BCUT2D eigenvalue weighted by Crippen LogP contribution is -2.48. The Bertz CT molecular complexity index is 435. The smallest absolute Gasteiger partial charge is 0.256 e. The molecule has 2 heterocycles.